The lowest BCUT2D eigenvalue weighted by Gasteiger charge is -2.43. The number of fused-ring (bicyclic) bond motifs is 1. The minimum Gasteiger partial charge on any atom is -0.377 e. The summed E-state index contributed by atoms with van der Waals surface area (Å²) in [6.45, 7) is 8.83. The molecule has 0 radical (unpaired) electrons. The van der Waals surface area contributed by atoms with E-state index in [9.17, 15) is 0 Å². The molecule has 2 atom stereocenters. The molecule has 4 rings (SSSR count). The Morgan fingerprint density at radius 3 is 2.52 bits per heavy atom. The van der Waals surface area contributed by atoms with Crippen LogP contribution >= 0.6 is 0 Å². The number of ether oxygens (including phenoxy) is 2. The highest BCUT2D eigenvalue weighted by Crippen LogP contribution is 2.28. The minimum absolute atomic E-state index is 0.320. The third-order valence-corrected chi connectivity index (χ3v) is 5.62. The summed E-state index contributed by atoms with van der Waals surface area (Å²) in [5, 5.41) is 5.40. The van der Waals surface area contributed by atoms with Gasteiger partial charge in [0.1, 0.15) is 12.4 Å². The van der Waals surface area contributed by atoms with Crippen LogP contribution in [0.2, 0.25) is 0 Å². The third-order valence-electron chi connectivity index (χ3n) is 5.62. The van der Waals surface area contributed by atoms with Crippen molar-refractivity contribution in [2.75, 3.05) is 38.2 Å². The van der Waals surface area contributed by atoms with Gasteiger partial charge < -0.3 is 14.4 Å². The van der Waals surface area contributed by atoms with Crippen molar-refractivity contribution in [1.29, 1.82) is 0 Å². The summed E-state index contributed by atoms with van der Waals surface area (Å²) in [6.07, 6.45) is 4.80. The van der Waals surface area contributed by atoms with E-state index in [0.717, 1.165) is 55.9 Å². The van der Waals surface area contributed by atoms with Crippen LogP contribution in [0.1, 0.15) is 32.5 Å². The van der Waals surface area contributed by atoms with Gasteiger partial charge in [0.2, 0.25) is 0 Å². The van der Waals surface area contributed by atoms with Gasteiger partial charge in [-0.3, -0.25) is 9.58 Å². The van der Waals surface area contributed by atoms with Crippen LogP contribution in [0.15, 0.2) is 6.20 Å². The van der Waals surface area contributed by atoms with Crippen molar-refractivity contribution in [1.82, 2.24) is 24.6 Å². The van der Waals surface area contributed by atoms with Crippen molar-refractivity contribution in [3.8, 4) is 0 Å². The van der Waals surface area contributed by atoms with Crippen LogP contribution in [-0.2, 0) is 23.1 Å². The van der Waals surface area contributed by atoms with E-state index in [1.54, 1.807) is 7.11 Å². The number of rotatable bonds is 4. The van der Waals surface area contributed by atoms with E-state index < -0.39 is 0 Å². The number of aromatic nitrogens is 4. The van der Waals surface area contributed by atoms with Crippen LogP contribution in [0.5, 0.6) is 0 Å². The van der Waals surface area contributed by atoms with E-state index in [2.05, 4.69) is 33.7 Å². The van der Waals surface area contributed by atoms with Crippen molar-refractivity contribution in [2.24, 2.45) is 7.05 Å². The first-order chi connectivity index (χ1) is 13.0. The fraction of sp³-hybridized carbons (Fsp3) is 0.737. The smallest absolute Gasteiger partial charge is 0.163 e. The van der Waals surface area contributed by atoms with E-state index in [4.69, 9.17) is 14.5 Å². The van der Waals surface area contributed by atoms with Gasteiger partial charge in [-0.15, -0.1) is 0 Å². The first-order valence-corrected chi connectivity index (χ1v) is 9.87. The van der Waals surface area contributed by atoms with E-state index >= 15 is 0 Å². The molecule has 0 aromatic carbocycles. The zero-order chi connectivity index (χ0) is 19.0. The van der Waals surface area contributed by atoms with Crippen molar-refractivity contribution < 1.29 is 9.47 Å². The number of anilines is 1. The van der Waals surface area contributed by atoms with Crippen LogP contribution < -0.4 is 4.90 Å². The summed E-state index contributed by atoms with van der Waals surface area (Å²) in [4.78, 5) is 14.4. The molecule has 0 saturated carbocycles. The fourth-order valence-electron chi connectivity index (χ4n) is 4.44. The molecule has 2 fully saturated rings. The molecule has 148 valence electrons. The molecule has 2 aromatic rings. The summed E-state index contributed by atoms with van der Waals surface area (Å²) in [5.74, 6) is 1.70. The van der Waals surface area contributed by atoms with Gasteiger partial charge in [0.05, 0.1) is 23.8 Å². The van der Waals surface area contributed by atoms with E-state index in [1.807, 2.05) is 17.9 Å². The Morgan fingerprint density at radius 2 is 1.85 bits per heavy atom. The minimum atomic E-state index is 0.320. The SMILES string of the molecule is COCc1nc(N2CCC(N3C[C@@H](C)O[C@@H](C)C3)CC2)c2cnn(C)c2n1. The van der Waals surface area contributed by atoms with Crippen molar-refractivity contribution in [2.45, 2.75) is 51.5 Å². The van der Waals surface area contributed by atoms with Crippen molar-refractivity contribution >= 4 is 16.9 Å². The number of hydrogen-bond donors (Lipinski definition) is 0. The molecule has 0 N–H and O–H groups in total. The molecule has 0 aliphatic carbocycles. The van der Waals surface area contributed by atoms with Gasteiger partial charge in [-0.2, -0.15) is 5.10 Å². The second-order valence-corrected chi connectivity index (χ2v) is 7.83. The standard InChI is InChI=1S/C19H30N6O2/c1-13-10-25(11-14(2)27-13)15-5-7-24(8-6-15)19-16-9-20-23(3)18(16)21-17(22-19)12-26-4/h9,13-15H,5-8,10-12H2,1-4H3/t13-,14+. The van der Waals surface area contributed by atoms with Crippen LogP contribution in [0.4, 0.5) is 5.82 Å². The number of nitrogens with zero attached hydrogens (tertiary/aromatic N) is 6. The van der Waals surface area contributed by atoms with Gasteiger partial charge >= 0.3 is 0 Å². The number of morpholine rings is 1. The van der Waals surface area contributed by atoms with Gasteiger partial charge in [0.15, 0.2) is 11.5 Å². The Bertz CT molecular complexity index is 776. The van der Waals surface area contributed by atoms with Crippen LogP contribution in [0.25, 0.3) is 11.0 Å². The summed E-state index contributed by atoms with van der Waals surface area (Å²) in [7, 11) is 3.59. The molecule has 2 aliphatic rings. The van der Waals surface area contributed by atoms with E-state index in [-0.39, 0.29) is 0 Å². The summed E-state index contributed by atoms with van der Waals surface area (Å²) < 4.78 is 13.0. The second kappa shape index (κ2) is 7.69. The molecular formula is C19H30N6O2. The summed E-state index contributed by atoms with van der Waals surface area (Å²) in [6, 6.07) is 0.625. The van der Waals surface area contributed by atoms with Gasteiger partial charge in [-0.1, -0.05) is 0 Å². The lowest BCUT2D eigenvalue weighted by Crippen LogP contribution is -2.53. The van der Waals surface area contributed by atoms with Gasteiger partial charge in [0.25, 0.3) is 0 Å². The monoisotopic (exact) mass is 374 g/mol. The van der Waals surface area contributed by atoms with E-state index in [0.29, 0.717) is 30.7 Å². The predicted octanol–water partition coefficient (Wildman–Crippen LogP) is 1.59. The normalized spacial score (nSPS) is 25.4. The maximum Gasteiger partial charge on any atom is 0.163 e. The Morgan fingerprint density at radius 1 is 1.15 bits per heavy atom. The molecule has 2 saturated heterocycles. The van der Waals surface area contributed by atoms with E-state index in [1.165, 1.54) is 0 Å². The van der Waals surface area contributed by atoms with Crippen molar-refractivity contribution in [3.05, 3.63) is 12.0 Å². The highest BCUT2D eigenvalue weighted by molar-refractivity contribution is 5.87. The molecule has 0 spiro atoms. The summed E-state index contributed by atoms with van der Waals surface area (Å²) in [5.41, 5.74) is 0.866. The summed E-state index contributed by atoms with van der Waals surface area (Å²) >= 11 is 0. The Kier molecular flexibility index (Phi) is 5.29. The highest BCUT2D eigenvalue weighted by Gasteiger charge is 2.31. The van der Waals surface area contributed by atoms with Crippen LogP contribution in [0.3, 0.4) is 0 Å². The Labute approximate surface area is 160 Å². The maximum atomic E-state index is 5.89. The first kappa shape index (κ1) is 18.6. The number of hydrogen-bond acceptors (Lipinski definition) is 7. The van der Waals surface area contributed by atoms with Gasteiger partial charge in [-0.25, -0.2) is 9.97 Å². The zero-order valence-corrected chi connectivity index (χ0v) is 16.8. The Hall–Kier alpha value is -1.77. The quantitative estimate of drug-likeness (QED) is 0.805. The molecule has 27 heavy (non-hydrogen) atoms. The first-order valence-electron chi connectivity index (χ1n) is 9.87. The molecular weight excluding hydrogens is 344 g/mol. The highest BCUT2D eigenvalue weighted by atomic mass is 16.5. The molecule has 4 heterocycles. The molecule has 2 aromatic heterocycles. The average Bonchev–Trinajstić information content (AvgIpc) is 3.02. The Balaban J connectivity index is 1.51. The topological polar surface area (TPSA) is 68.5 Å². The predicted molar refractivity (Wildman–Crippen MR) is 104 cm³/mol. The lowest BCUT2D eigenvalue weighted by atomic mass is 10.0. The molecule has 2 aliphatic heterocycles. The lowest BCUT2D eigenvalue weighted by molar-refractivity contribution is -0.0826. The number of piperidine rings is 1. The average molecular weight is 374 g/mol. The fourth-order valence-corrected chi connectivity index (χ4v) is 4.44. The number of aryl methyl sites for hydroxylation is 1. The molecule has 0 bridgehead atoms. The van der Waals surface area contributed by atoms with Gasteiger partial charge in [0, 0.05) is 46.4 Å². The zero-order valence-electron chi connectivity index (χ0n) is 16.8. The molecule has 8 nitrogen and oxygen atoms in total. The maximum absolute atomic E-state index is 5.89. The second-order valence-electron chi connectivity index (χ2n) is 7.83. The molecule has 0 unspecified atom stereocenters. The number of methoxy groups -OCH3 is 1. The molecule has 0 amide bonds. The molecule has 8 heteroatoms. The largest absolute Gasteiger partial charge is 0.377 e. The third kappa shape index (κ3) is 3.79. The van der Waals surface area contributed by atoms with Crippen LogP contribution in [0, 0.1) is 0 Å². The van der Waals surface area contributed by atoms with Crippen molar-refractivity contribution in [3.63, 3.8) is 0 Å². The van der Waals surface area contributed by atoms with Crippen LogP contribution in [-0.4, -0.2) is 76.2 Å². The van der Waals surface area contributed by atoms with Gasteiger partial charge in [-0.05, 0) is 26.7 Å².